The lowest BCUT2D eigenvalue weighted by Crippen LogP contribution is -1.90. The molecule has 0 aliphatic rings. The topological polar surface area (TPSA) is 0 Å². The summed E-state index contributed by atoms with van der Waals surface area (Å²) >= 11 is 0. The lowest BCUT2D eigenvalue weighted by Gasteiger charge is -2.17. The number of hydrogen-bond donors (Lipinski definition) is 0. The highest BCUT2D eigenvalue weighted by atomic mass is 14.2. The van der Waals surface area contributed by atoms with E-state index in [0.29, 0.717) is 5.56 Å². The van der Waals surface area contributed by atoms with Crippen molar-refractivity contribution in [3.05, 3.63) is 145 Å². The number of hydrogen-bond acceptors (Lipinski definition) is 0. The lowest BCUT2D eigenvalue weighted by atomic mass is 9.86. The van der Waals surface area contributed by atoms with Crippen LogP contribution in [-0.2, 0) is 0 Å². The van der Waals surface area contributed by atoms with E-state index >= 15 is 0 Å². The highest BCUT2D eigenvalue weighted by molar-refractivity contribution is 6.25. The number of rotatable bonds is 2. The molecule has 8 rings (SSSR count). The van der Waals surface area contributed by atoms with Crippen LogP contribution in [0.5, 0.6) is 0 Å². The van der Waals surface area contributed by atoms with Crippen molar-refractivity contribution in [2.24, 2.45) is 0 Å². The van der Waals surface area contributed by atoms with Crippen LogP contribution in [0.3, 0.4) is 0 Å². The van der Waals surface area contributed by atoms with E-state index in [1.165, 1.54) is 21.5 Å². The van der Waals surface area contributed by atoms with Crippen LogP contribution in [0.25, 0.3) is 76.1 Å². The van der Waals surface area contributed by atoms with Gasteiger partial charge in [-0.1, -0.05) is 127 Å². The average Bonchev–Trinajstić information content (AvgIpc) is 3.06. The Morgan fingerprint density at radius 1 is 0.342 bits per heavy atom. The summed E-state index contributed by atoms with van der Waals surface area (Å²) in [6, 6.07) is 38.5. The fraction of sp³-hybridized carbons (Fsp3) is 0. The summed E-state index contributed by atoms with van der Waals surface area (Å²) in [5.74, 6) is 0. The van der Waals surface area contributed by atoms with Crippen molar-refractivity contribution < 1.29 is 6.85 Å². The molecule has 0 fully saturated rings. The molecule has 0 nitrogen and oxygen atoms in total. The molecule has 0 spiro atoms. The molecule has 0 saturated heterocycles. The maximum Gasteiger partial charge on any atom is 0.0629 e. The summed E-state index contributed by atoms with van der Waals surface area (Å²) in [7, 11) is 0. The van der Waals surface area contributed by atoms with Gasteiger partial charge in [-0.05, 0) is 94.3 Å². The fourth-order valence-electron chi connectivity index (χ4n) is 6.04. The van der Waals surface area contributed by atoms with Crippen molar-refractivity contribution >= 4 is 53.9 Å². The highest BCUT2D eigenvalue weighted by Crippen LogP contribution is 2.44. The highest BCUT2D eigenvalue weighted by Gasteiger charge is 2.16. The van der Waals surface area contributed by atoms with Crippen LogP contribution >= 0.6 is 0 Å². The Labute approximate surface area is 228 Å². The molecule has 0 heteroatoms. The van der Waals surface area contributed by atoms with E-state index in [-0.39, 0.29) is 35.8 Å². The van der Waals surface area contributed by atoms with Gasteiger partial charge in [-0.25, -0.2) is 0 Å². The van der Waals surface area contributed by atoms with Crippen LogP contribution in [0, 0.1) is 0 Å². The van der Waals surface area contributed by atoms with Gasteiger partial charge in [0.25, 0.3) is 0 Å². The zero-order valence-corrected chi connectivity index (χ0v) is 20.5. The molecule has 38 heavy (non-hydrogen) atoms. The molecule has 0 aliphatic heterocycles. The molecular weight excluding hydrogens is 456 g/mol. The van der Waals surface area contributed by atoms with Gasteiger partial charge in [0.15, 0.2) is 0 Å². The van der Waals surface area contributed by atoms with Crippen molar-refractivity contribution in [2.45, 2.75) is 0 Å². The first kappa shape index (κ1) is 16.7. The Morgan fingerprint density at radius 3 is 1.37 bits per heavy atom. The summed E-state index contributed by atoms with van der Waals surface area (Å²) in [6.07, 6.45) is 0. The molecule has 0 atom stereocenters. The van der Waals surface area contributed by atoms with Crippen molar-refractivity contribution in [1.29, 1.82) is 0 Å². The SMILES string of the molecule is [2H]c1c([2H])c([2H])c(-c2cc3c4ccccc4c(-c4cc5ccccc5c5ccccc45)cc3c3ccccc23)c([2H])c1[2H]. The zero-order valence-electron chi connectivity index (χ0n) is 25.5. The van der Waals surface area contributed by atoms with Crippen LogP contribution in [0.1, 0.15) is 6.85 Å². The lowest BCUT2D eigenvalue weighted by molar-refractivity contribution is 1.67. The molecule has 176 valence electrons. The molecule has 0 unspecified atom stereocenters. The first-order valence-electron chi connectivity index (χ1n) is 15.3. The summed E-state index contributed by atoms with van der Waals surface area (Å²) in [4.78, 5) is 0. The first-order valence-corrected chi connectivity index (χ1v) is 12.8. The summed E-state index contributed by atoms with van der Waals surface area (Å²) in [6.45, 7) is 0. The normalized spacial score (nSPS) is 13.5. The second kappa shape index (κ2) is 8.30. The van der Waals surface area contributed by atoms with Gasteiger partial charge in [-0.2, -0.15) is 0 Å². The molecule has 0 aliphatic carbocycles. The first-order chi connectivity index (χ1) is 20.9. The van der Waals surface area contributed by atoms with Crippen LogP contribution in [0.4, 0.5) is 0 Å². The monoisotopic (exact) mass is 485 g/mol. The third-order valence-electron chi connectivity index (χ3n) is 7.71. The largest absolute Gasteiger partial charge is 0.0629 e. The van der Waals surface area contributed by atoms with Crippen LogP contribution in [0.2, 0.25) is 0 Å². The van der Waals surface area contributed by atoms with E-state index in [4.69, 9.17) is 6.85 Å². The van der Waals surface area contributed by atoms with E-state index in [1.807, 2.05) is 30.3 Å². The minimum Gasteiger partial charge on any atom is -0.0622 e. The maximum atomic E-state index is 8.74. The van der Waals surface area contributed by atoms with Crippen molar-refractivity contribution in [3.63, 3.8) is 0 Å². The predicted molar refractivity (Wildman–Crippen MR) is 165 cm³/mol. The Hall–Kier alpha value is -4.94. The molecule has 0 aromatic heterocycles. The van der Waals surface area contributed by atoms with Gasteiger partial charge in [0.05, 0.1) is 6.85 Å². The van der Waals surface area contributed by atoms with Gasteiger partial charge in [-0.15, -0.1) is 0 Å². The molecule has 0 heterocycles. The van der Waals surface area contributed by atoms with Gasteiger partial charge in [-0.3, -0.25) is 0 Å². The van der Waals surface area contributed by atoms with Crippen LogP contribution in [-0.4, -0.2) is 0 Å². The fourth-order valence-corrected chi connectivity index (χ4v) is 6.04. The van der Waals surface area contributed by atoms with E-state index in [0.717, 1.165) is 43.4 Å². The number of fused-ring (bicyclic) bond motifs is 8. The van der Waals surface area contributed by atoms with E-state index in [1.54, 1.807) is 0 Å². The minimum absolute atomic E-state index is 0.195. The quantitative estimate of drug-likeness (QED) is 0.214. The minimum atomic E-state index is -0.387. The molecule has 0 amide bonds. The molecule has 0 radical (unpaired) electrons. The second-order valence-corrected chi connectivity index (χ2v) is 9.73. The van der Waals surface area contributed by atoms with Crippen molar-refractivity contribution in [1.82, 2.24) is 0 Å². The molecule has 8 aromatic carbocycles. The summed E-state index contributed by atoms with van der Waals surface area (Å²) in [5.41, 5.74) is 3.14. The van der Waals surface area contributed by atoms with Gasteiger partial charge >= 0.3 is 0 Å². The summed E-state index contributed by atoms with van der Waals surface area (Å²) in [5, 5.41) is 10.8. The average molecular weight is 486 g/mol. The second-order valence-electron chi connectivity index (χ2n) is 9.73. The predicted octanol–water partition coefficient (Wildman–Crippen LogP) is 10.8. The molecule has 8 aromatic rings. The zero-order chi connectivity index (χ0) is 29.4. The van der Waals surface area contributed by atoms with E-state index < -0.39 is 0 Å². The smallest absolute Gasteiger partial charge is 0.0622 e. The standard InChI is InChI=1S/C38H24/c1-2-12-25(13-3-1)34-23-36-32-20-10-11-21-33(32)37(24-38(36)31-19-9-7-17-29(31)34)35-22-26-14-4-5-15-27(26)28-16-6-8-18-30(28)35/h1-24H/i1D,2D,3D,12D,13D. The Kier molecular flexibility index (Phi) is 3.65. The van der Waals surface area contributed by atoms with Crippen LogP contribution in [0.15, 0.2) is 145 Å². The molecule has 0 N–H and O–H groups in total. The Balaban J connectivity index is 1.55. The Bertz CT molecular complexity index is 2430. The molecule has 0 saturated carbocycles. The van der Waals surface area contributed by atoms with Gasteiger partial charge in [0, 0.05) is 0 Å². The van der Waals surface area contributed by atoms with E-state index in [9.17, 15) is 0 Å². The maximum absolute atomic E-state index is 8.74. The van der Waals surface area contributed by atoms with E-state index in [2.05, 4.69) is 84.9 Å². The number of benzene rings is 8. The van der Waals surface area contributed by atoms with Crippen molar-refractivity contribution in [3.8, 4) is 22.3 Å². The third kappa shape index (κ3) is 3.11. The third-order valence-corrected chi connectivity index (χ3v) is 7.71. The molecular formula is C38H24. The van der Waals surface area contributed by atoms with Gasteiger partial charge in [0.2, 0.25) is 0 Å². The summed E-state index contributed by atoms with van der Waals surface area (Å²) < 4.78 is 42.2. The Morgan fingerprint density at radius 2 is 0.763 bits per heavy atom. The van der Waals surface area contributed by atoms with Crippen LogP contribution < -0.4 is 0 Å². The van der Waals surface area contributed by atoms with Gasteiger partial charge in [0.1, 0.15) is 0 Å². The van der Waals surface area contributed by atoms with Gasteiger partial charge < -0.3 is 0 Å². The molecule has 0 bridgehead atoms. The van der Waals surface area contributed by atoms with Crippen molar-refractivity contribution in [2.75, 3.05) is 0 Å².